The van der Waals surface area contributed by atoms with Crippen molar-refractivity contribution in [3.8, 4) is 0 Å². The number of aldehydes is 1. The van der Waals surface area contributed by atoms with Crippen molar-refractivity contribution in [1.82, 2.24) is 0 Å². The third kappa shape index (κ3) is 3.51. The van der Waals surface area contributed by atoms with E-state index in [0.29, 0.717) is 11.5 Å². The van der Waals surface area contributed by atoms with Crippen LogP contribution in [0.15, 0.2) is 108 Å². The smallest absolute Gasteiger partial charge is 0.185 e. The molecule has 0 aliphatic rings. The van der Waals surface area contributed by atoms with E-state index >= 15 is 0 Å². The Hall–Kier alpha value is -3.65. The van der Waals surface area contributed by atoms with Crippen LogP contribution in [-0.2, 0) is 0 Å². The lowest BCUT2D eigenvalue weighted by Crippen LogP contribution is -1.96. The van der Waals surface area contributed by atoms with Crippen molar-refractivity contribution in [2.24, 2.45) is 0 Å². The Morgan fingerprint density at radius 3 is 1.41 bits per heavy atom. The first-order valence-corrected chi connectivity index (χ1v) is 8.83. The summed E-state index contributed by atoms with van der Waals surface area (Å²) in [6.45, 7) is 0. The van der Waals surface area contributed by atoms with E-state index < -0.39 is 0 Å². The fraction of sp³-hybridized carbons (Fsp3) is 0. The van der Waals surface area contributed by atoms with Gasteiger partial charge in [-0.3, -0.25) is 4.79 Å². The van der Waals surface area contributed by atoms with Crippen molar-refractivity contribution >= 4 is 17.4 Å². The maximum absolute atomic E-state index is 11.2. The van der Waals surface area contributed by atoms with Crippen LogP contribution in [0.3, 0.4) is 0 Å². The molecule has 0 amide bonds. The van der Waals surface area contributed by atoms with E-state index in [2.05, 4.69) is 36.4 Å². The number of benzene rings is 3. The van der Waals surface area contributed by atoms with Gasteiger partial charge in [0, 0.05) is 11.1 Å². The standard InChI is InChI=1S/C25H18O2/c26-18-22-16-17-23(27-22)25(21-14-8-3-9-15-21)24(19-10-4-1-5-11-19)20-12-6-2-7-13-20/h1-18H. The molecule has 4 aromatic rings. The molecule has 1 aromatic heterocycles. The summed E-state index contributed by atoms with van der Waals surface area (Å²) in [5, 5.41) is 0. The summed E-state index contributed by atoms with van der Waals surface area (Å²) < 4.78 is 5.85. The van der Waals surface area contributed by atoms with E-state index in [1.165, 1.54) is 0 Å². The highest BCUT2D eigenvalue weighted by Crippen LogP contribution is 2.37. The highest BCUT2D eigenvalue weighted by molar-refractivity contribution is 6.03. The molecule has 0 saturated carbocycles. The van der Waals surface area contributed by atoms with E-state index in [1.54, 1.807) is 6.07 Å². The SMILES string of the molecule is O=Cc1ccc(C(=C(c2ccccc2)c2ccccc2)c2ccccc2)o1. The predicted molar refractivity (Wildman–Crippen MR) is 108 cm³/mol. The Balaban J connectivity index is 2.08. The van der Waals surface area contributed by atoms with Crippen LogP contribution >= 0.6 is 0 Å². The summed E-state index contributed by atoms with van der Waals surface area (Å²) in [6, 6.07) is 34.2. The van der Waals surface area contributed by atoms with Crippen molar-refractivity contribution in [3.63, 3.8) is 0 Å². The Morgan fingerprint density at radius 2 is 1.00 bits per heavy atom. The van der Waals surface area contributed by atoms with Crippen LogP contribution in [0.5, 0.6) is 0 Å². The summed E-state index contributed by atoms with van der Waals surface area (Å²) in [7, 11) is 0. The summed E-state index contributed by atoms with van der Waals surface area (Å²) in [5.41, 5.74) is 5.24. The number of carbonyl (C=O) groups is 1. The quantitative estimate of drug-likeness (QED) is 0.321. The zero-order chi connectivity index (χ0) is 18.5. The highest BCUT2D eigenvalue weighted by atomic mass is 16.3. The summed E-state index contributed by atoms with van der Waals surface area (Å²) in [4.78, 5) is 11.2. The molecule has 27 heavy (non-hydrogen) atoms. The fourth-order valence-electron chi connectivity index (χ4n) is 3.23. The van der Waals surface area contributed by atoms with Crippen LogP contribution in [0, 0.1) is 0 Å². The molecule has 0 aliphatic carbocycles. The Labute approximate surface area is 158 Å². The van der Waals surface area contributed by atoms with Gasteiger partial charge < -0.3 is 4.42 Å². The van der Waals surface area contributed by atoms with Crippen LogP contribution in [0.25, 0.3) is 11.1 Å². The van der Waals surface area contributed by atoms with Crippen molar-refractivity contribution < 1.29 is 9.21 Å². The zero-order valence-electron chi connectivity index (χ0n) is 14.7. The van der Waals surface area contributed by atoms with Crippen LogP contribution in [0.1, 0.15) is 33.0 Å². The molecule has 0 saturated heterocycles. The van der Waals surface area contributed by atoms with Gasteiger partial charge in [0.25, 0.3) is 0 Å². The molecule has 0 N–H and O–H groups in total. The molecule has 2 heteroatoms. The second-order valence-corrected chi connectivity index (χ2v) is 6.17. The Morgan fingerprint density at radius 1 is 0.556 bits per heavy atom. The fourth-order valence-corrected chi connectivity index (χ4v) is 3.23. The van der Waals surface area contributed by atoms with E-state index in [9.17, 15) is 4.79 Å². The minimum Gasteiger partial charge on any atom is -0.453 e. The lowest BCUT2D eigenvalue weighted by Gasteiger charge is -2.16. The molecule has 0 aliphatic heterocycles. The average Bonchev–Trinajstić information content (AvgIpc) is 3.22. The number of hydrogen-bond acceptors (Lipinski definition) is 2. The minimum atomic E-state index is 0.318. The predicted octanol–water partition coefficient (Wildman–Crippen LogP) is 6.10. The molecule has 0 bridgehead atoms. The third-order valence-corrected chi connectivity index (χ3v) is 4.43. The lowest BCUT2D eigenvalue weighted by molar-refractivity contribution is 0.110. The third-order valence-electron chi connectivity index (χ3n) is 4.43. The van der Waals surface area contributed by atoms with Gasteiger partial charge in [-0.05, 0) is 28.8 Å². The monoisotopic (exact) mass is 350 g/mol. The molecule has 0 unspecified atom stereocenters. The first-order valence-electron chi connectivity index (χ1n) is 8.83. The molecule has 0 radical (unpaired) electrons. The minimum absolute atomic E-state index is 0.318. The number of carbonyl (C=O) groups excluding carboxylic acids is 1. The molecule has 1 heterocycles. The van der Waals surface area contributed by atoms with Crippen molar-refractivity contribution in [1.29, 1.82) is 0 Å². The molecular weight excluding hydrogens is 332 g/mol. The number of hydrogen-bond donors (Lipinski definition) is 0. The van der Waals surface area contributed by atoms with E-state index in [1.807, 2.05) is 60.7 Å². The molecule has 0 spiro atoms. The van der Waals surface area contributed by atoms with Gasteiger partial charge in [0.15, 0.2) is 12.0 Å². The first-order chi connectivity index (χ1) is 13.4. The lowest BCUT2D eigenvalue weighted by atomic mass is 9.88. The van der Waals surface area contributed by atoms with Crippen LogP contribution in [0.2, 0.25) is 0 Å². The van der Waals surface area contributed by atoms with Gasteiger partial charge in [-0.1, -0.05) is 91.0 Å². The Bertz CT molecular complexity index is 1020. The normalized spacial score (nSPS) is 10.4. The van der Waals surface area contributed by atoms with Crippen molar-refractivity contribution in [2.75, 3.05) is 0 Å². The summed E-state index contributed by atoms with van der Waals surface area (Å²) >= 11 is 0. The van der Waals surface area contributed by atoms with Gasteiger partial charge in [-0.15, -0.1) is 0 Å². The van der Waals surface area contributed by atoms with E-state index in [4.69, 9.17) is 4.42 Å². The van der Waals surface area contributed by atoms with Crippen molar-refractivity contribution in [3.05, 3.63) is 131 Å². The second-order valence-electron chi connectivity index (χ2n) is 6.17. The number of furan rings is 1. The molecule has 130 valence electrons. The van der Waals surface area contributed by atoms with Gasteiger partial charge in [-0.2, -0.15) is 0 Å². The van der Waals surface area contributed by atoms with Crippen LogP contribution in [-0.4, -0.2) is 6.29 Å². The van der Waals surface area contributed by atoms with Gasteiger partial charge in [0.1, 0.15) is 5.76 Å². The molecule has 4 rings (SSSR count). The van der Waals surface area contributed by atoms with E-state index in [-0.39, 0.29) is 0 Å². The summed E-state index contributed by atoms with van der Waals surface area (Å²) in [5.74, 6) is 0.991. The van der Waals surface area contributed by atoms with Gasteiger partial charge >= 0.3 is 0 Å². The largest absolute Gasteiger partial charge is 0.453 e. The maximum atomic E-state index is 11.2. The topological polar surface area (TPSA) is 30.2 Å². The average molecular weight is 350 g/mol. The maximum Gasteiger partial charge on any atom is 0.185 e. The Kier molecular flexibility index (Phi) is 4.80. The van der Waals surface area contributed by atoms with Gasteiger partial charge in [0.05, 0.1) is 0 Å². The molecule has 3 aromatic carbocycles. The van der Waals surface area contributed by atoms with Gasteiger partial charge in [0.2, 0.25) is 0 Å². The van der Waals surface area contributed by atoms with Crippen molar-refractivity contribution in [2.45, 2.75) is 0 Å². The zero-order valence-corrected chi connectivity index (χ0v) is 14.7. The highest BCUT2D eigenvalue weighted by Gasteiger charge is 2.18. The molecule has 2 nitrogen and oxygen atoms in total. The van der Waals surface area contributed by atoms with Gasteiger partial charge in [-0.25, -0.2) is 0 Å². The first kappa shape index (κ1) is 16.8. The summed E-state index contributed by atoms with van der Waals surface area (Å²) in [6.07, 6.45) is 0.733. The molecular formula is C25H18O2. The van der Waals surface area contributed by atoms with Crippen LogP contribution < -0.4 is 0 Å². The second kappa shape index (κ2) is 7.71. The van der Waals surface area contributed by atoms with E-state index in [0.717, 1.165) is 34.1 Å². The molecule has 0 fully saturated rings. The van der Waals surface area contributed by atoms with Crippen LogP contribution in [0.4, 0.5) is 0 Å². The number of rotatable bonds is 5. The molecule has 0 atom stereocenters.